The molecule has 2 fully saturated rings. The Bertz CT molecular complexity index is 660. The normalized spacial score (nSPS) is 28.9. The number of hydrogen-bond donors (Lipinski definition) is 1. The van der Waals surface area contributed by atoms with Crippen LogP contribution in [0.5, 0.6) is 0 Å². The third kappa shape index (κ3) is 2.37. The molecule has 0 aliphatic heterocycles. The van der Waals surface area contributed by atoms with Crippen molar-refractivity contribution in [3.05, 3.63) is 42.0 Å². The monoisotopic (exact) mass is 323 g/mol. The van der Waals surface area contributed by atoms with Crippen molar-refractivity contribution in [1.29, 1.82) is 0 Å². The average Bonchev–Trinajstić information content (AvgIpc) is 2.99. The number of alkyl halides is 3. The van der Waals surface area contributed by atoms with E-state index in [1.807, 2.05) is 0 Å². The van der Waals surface area contributed by atoms with Crippen molar-refractivity contribution in [3.8, 4) is 0 Å². The molecule has 23 heavy (non-hydrogen) atoms. The van der Waals surface area contributed by atoms with Gasteiger partial charge in [0, 0.05) is 5.69 Å². The van der Waals surface area contributed by atoms with Crippen molar-refractivity contribution in [2.24, 2.45) is 16.7 Å². The number of rotatable bonds is 2. The molecular formula is C18H20F3NO. The van der Waals surface area contributed by atoms with Crippen molar-refractivity contribution in [2.45, 2.75) is 39.3 Å². The Morgan fingerprint density at radius 3 is 2.35 bits per heavy atom. The summed E-state index contributed by atoms with van der Waals surface area (Å²) in [5.41, 5.74) is -0.0166. The molecule has 0 aromatic heterocycles. The topological polar surface area (TPSA) is 29.1 Å². The average molecular weight is 323 g/mol. The van der Waals surface area contributed by atoms with Gasteiger partial charge >= 0.3 is 6.18 Å². The summed E-state index contributed by atoms with van der Waals surface area (Å²) < 4.78 is 37.8. The fourth-order valence-corrected chi connectivity index (χ4v) is 4.14. The molecule has 2 saturated carbocycles. The minimum Gasteiger partial charge on any atom is -0.325 e. The zero-order valence-corrected chi connectivity index (χ0v) is 13.3. The lowest BCUT2D eigenvalue weighted by Crippen LogP contribution is -2.37. The fraction of sp³-hybridized carbons (Fsp3) is 0.500. The zero-order chi connectivity index (χ0) is 17.0. The van der Waals surface area contributed by atoms with E-state index in [1.165, 1.54) is 12.1 Å². The summed E-state index contributed by atoms with van der Waals surface area (Å²) >= 11 is 0. The molecular weight excluding hydrogens is 303 g/mol. The number of carbonyl (C=O) groups is 1. The first kappa shape index (κ1) is 16.1. The Balaban J connectivity index is 1.79. The van der Waals surface area contributed by atoms with Crippen LogP contribution in [0.15, 0.2) is 36.4 Å². The molecule has 2 aliphatic carbocycles. The molecule has 1 N–H and O–H groups in total. The Hall–Kier alpha value is -1.78. The van der Waals surface area contributed by atoms with Gasteiger partial charge in [-0.3, -0.25) is 4.79 Å². The van der Waals surface area contributed by atoms with Gasteiger partial charge in [-0.25, -0.2) is 0 Å². The first-order valence-corrected chi connectivity index (χ1v) is 7.76. The van der Waals surface area contributed by atoms with Crippen LogP contribution in [0.25, 0.3) is 0 Å². The second kappa shape index (κ2) is 4.86. The third-order valence-corrected chi connectivity index (χ3v) is 5.80. The molecule has 0 heterocycles. The van der Waals surface area contributed by atoms with Crippen molar-refractivity contribution in [3.63, 3.8) is 0 Å². The zero-order valence-electron chi connectivity index (χ0n) is 13.3. The van der Waals surface area contributed by atoms with E-state index >= 15 is 0 Å². The molecule has 2 nitrogen and oxygen atoms in total. The van der Waals surface area contributed by atoms with Gasteiger partial charge in [0.05, 0.1) is 11.0 Å². The minimum atomic E-state index is -4.37. The number of benzene rings is 1. The Kier molecular flexibility index (Phi) is 3.40. The SMILES string of the molecule is C=C1C(C)(C)[C@@H]2CC[C@]1(C(=O)Nc1ccc(C(F)(F)F)cc1)C2. The maximum absolute atomic E-state index is 12.8. The highest BCUT2D eigenvalue weighted by Crippen LogP contribution is 2.65. The van der Waals surface area contributed by atoms with Gasteiger partial charge in [-0.2, -0.15) is 13.2 Å². The standard InChI is InChI=1S/C18H20F3NO/c1-11-16(2,3)13-8-9-17(11,10-13)15(23)22-14-6-4-12(5-7-14)18(19,20)21/h4-7,13H,1,8-10H2,2-3H3,(H,22,23)/t13-,17+/m1/s1. The fourth-order valence-electron chi connectivity index (χ4n) is 4.14. The van der Waals surface area contributed by atoms with Crippen LogP contribution in [0.2, 0.25) is 0 Å². The quantitative estimate of drug-likeness (QED) is 0.760. The lowest BCUT2D eigenvalue weighted by atomic mass is 9.68. The lowest BCUT2D eigenvalue weighted by molar-refractivity contribution is -0.137. The first-order valence-electron chi connectivity index (χ1n) is 7.76. The molecule has 1 aromatic carbocycles. The molecule has 1 aromatic rings. The summed E-state index contributed by atoms with van der Waals surface area (Å²) in [5, 5.41) is 2.78. The Labute approximate surface area is 133 Å². The number of carbonyl (C=O) groups excluding carboxylic acids is 1. The third-order valence-electron chi connectivity index (χ3n) is 5.80. The highest BCUT2D eigenvalue weighted by atomic mass is 19.4. The molecule has 124 valence electrons. The van der Waals surface area contributed by atoms with Crippen molar-refractivity contribution in [1.82, 2.24) is 0 Å². The van der Waals surface area contributed by atoms with E-state index in [0.29, 0.717) is 11.6 Å². The highest BCUT2D eigenvalue weighted by Gasteiger charge is 2.60. The number of nitrogens with one attached hydrogen (secondary N) is 1. The van der Waals surface area contributed by atoms with Gasteiger partial charge < -0.3 is 5.32 Å². The van der Waals surface area contributed by atoms with E-state index in [2.05, 4.69) is 25.7 Å². The van der Waals surface area contributed by atoms with Gasteiger partial charge in [0.1, 0.15) is 0 Å². The van der Waals surface area contributed by atoms with E-state index < -0.39 is 17.2 Å². The van der Waals surface area contributed by atoms with Gasteiger partial charge in [-0.15, -0.1) is 0 Å². The molecule has 1 amide bonds. The number of amides is 1. The van der Waals surface area contributed by atoms with Crippen molar-refractivity contribution >= 4 is 11.6 Å². The van der Waals surface area contributed by atoms with E-state index in [0.717, 1.165) is 37.0 Å². The summed E-state index contributed by atoms with van der Waals surface area (Å²) in [7, 11) is 0. The summed E-state index contributed by atoms with van der Waals surface area (Å²) in [6.45, 7) is 8.40. The van der Waals surface area contributed by atoms with E-state index in [9.17, 15) is 18.0 Å². The second-order valence-electron chi connectivity index (χ2n) is 7.25. The summed E-state index contributed by atoms with van der Waals surface area (Å²) in [6.07, 6.45) is -1.83. The summed E-state index contributed by atoms with van der Waals surface area (Å²) in [4.78, 5) is 12.8. The van der Waals surface area contributed by atoms with E-state index in [-0.39, 0.29) is 11.3 Å². The van der Waals surface area contributed by atoms with Gasteiger partial charge in [-0.05, 0) is 54.9 Å². The lowest BCUT2D eigenvalue weighted by Gasteiger charge is -2.37. The van der Waals surface area contributed by atoms with Crippen LogP contribution in [0.3, 0.4) is 0 Å². The van der Waals surface area contributed by atoms with Crippen molar-refractivity contribution < 1.29 is 18.0 Å². The molecule has 2 atom stereocenters. The van der Waals surface area contributed by atoms with Gasteiger partial charge in [-0.1, -0.05) is 26.0 Å². The van der Waals surface area contributed by atoms with Crippen LogP contribution in [0.1, 0.15) is 38.7 Å². The van der Waals surface area contributed by atoms with Gasteiger partial charge in [0.15, 0.2) is 0 Å². The van der Waals surface area contributed by atoms with Crippen LogP contribution in [0.4, 0.5) is 18.9 Å². The molecule has 2 bridgehead atoms. The maximum Gasteiger partial charge on any atom is 0.416 e. The van der Waals surface area contributed by atoms with Crippen LogP contribution < -0.4 is 5.32 Å². The van der Waals surface area contributed by atoms with Crippen LogP contribution >= 0.6 is 0 Å². The van der Waals surface area contributed by atoms with E-state index in [4.69, 9.17) is 0 Å². The number of halogens is 3. The van der Waals surface area contributed by atoms with Gasteiger partial charge in [0.2, 0.25) is 5.91 Å². The van der Waals surface area contributed by atoms with Crippen LogP contribution in [-0.4, -0.2) is 5.91 Å². The summed E-state index contributed by atoms with van der Waals surface area (Å²) in [6, 6.07) is 4.57. The predicted octanol–water partition coefficient (Wildman–Crippen LogP) is 5.03. The minimum absolute atomic E-state index is 0.0598. The van der Waals surface area contributed by atoms with Crippen molar-refractivity contribution in [2.75, 3.05) is 5.32 Å². The molecule has 0 radical (unpaired) electrons. The van der Waals surface area contributed by atoms with Gasteiger partial charge in [0.25, 0.3) is 0 Å². The van der Waals surface area contributed by atoms with Crippen LogP contribution in [-0.2, 0) is 11.0 Å². The summed E-state index contributed by atoms with van der Waals surface area (Å²) in [5.74, 6) is 0.309. The largest absolute Gasteiger partial charge is 0.416 e. The smallest absolute Gasteiger partial charge is 0.325 e. The molecule has 3 rings (SSSR count). The first-order chi connectivity index (χ1) is 10.6. The molecule has 0 saturated heterocycles. The molecule has 0 unspecified atom stereocenters. The second-order valence-corrected chi connectivity index (χ2v) is 7.25. The number of anilines is 1. The Morgan fingerprint density at radius 1 is 1.26 bits per heavy atom. The Morgan fingerprint density at radius 2 is 1.87 bits per heavy atom. The maximum atomic E-state index is 12.8. The highest BCUT2D eigenvalue weighted by molar-refractivity contribution is 5.98. The van der Waals surface area contributed by atoms with E-state index in [1.54, 1.807) is 0 Å². The number of hydrogen-bond acceptors (Lipinski definition) is 1. The van der Waals surface area contributed by atoms with Crippen LogP contribution in [0, 0.1) is 16.7 Å². The molecule has 5 heteroatoms. The number of fused-ring (bicyclic) bond motifs is 2. The molecule has 2 aliphatic rings. The predicted molar refractivity (Wildman–Crippen MR) is 82.8 cm³/mol. The molecule has 0 spiro atoms.